The second-order valence-corrected chi connectivity index (χ2v) is 3.10. The predicted molar refractivity (Wildman–Crippen MR) is 58.7 cm³/mol. The smallest absolute Gasteiger partial charge is 0.335 e. The van der Waals surface area contributed by atoms with Gasteiger partial charge in [0.2, 0.25) is 0 Å². The highest BCUT2D eigenvalue weighted by Gasteiger charge is 2.01. The van der Waals surface area contributed by atoms with Crippen molar-refractivity contribution in [3.8, 4) is 0 Å². The SMILES string of the molecule is O=C(O)c1ccc(Nc2cnccn2)cc1. The van der Waals surface area contributed by atoms with E-state index in [0.29, 0.717) is 5.82 Å². The van der Waals surface area contributed by atoms with E-state index in [2.05, 4.69) is 15.3 Å². The number of carboxylic acid groups (broad SMARTS) is 1. The van der Waals surface area contributed by atoms with Crippen molar-refractivity contribution in [1.82, 2.24) is 9.97 Å². The minimum absolute atomic E-state index is 0.254. The standard InChI is InChI=1S/C11H9N3O2/c15-11(16)8-1-3-9(4-2-8)14-10-7-12-5-6-13-10/h1-7H,(H,13,14)(H,15,16). The molecular weight excluding hydrogens is 206 g/mol. The lowest BCUT2D eigenvalue weighted by Gasteiger charge is -2.04. The van der Waals surface area contributed by atoms with Crippen LogP contribution in [0.2, 0.25) is 0 Å². The van der Waals surface area contributed by atoms with E-state index >= 15 is 0 Å². The summed E-state index contributed by atoms with van der Waals surface area (Å²) in [5, 5.41) is 11.7. The van der Waals surface area contributed by atoms with Gasteiger partial charge in [0.05, 0.1) is 11.8 Å². The third kappa shape index (κ3) is 2.33. The number of hydrogen-bond donors (Lipinski definition) is 2. The lowest BCUT2D eigenvalue weighted by molar-refractivity contribution is 0.0697. The molecule has 0 radical (unpaired) electrons. The number of benzene rings is 1. The second kappa shape index (κ2) is 4.39. The molecule has 0 aliphatic heterocycles. The molecule has 1 aromatic carbocycles. The van der Waals surface area contributed by atoms with Gasteiger partial charge in [-0.1, -0.05) is 0 Å². The van der Waals surface area contributed by atoms with Crippen LogP contribution < -0.4 is 5.32 Å². The monoisotopic (exact) mass is 215 g/mol. The summed E-state index contributed by atoms with van der Waals surface area (Å²) in [6.45, 7) is 0. The topological polar surface area (TPSA) is 75.1 Å². The van der Waals surface area contributed by atoms with Crippen molar-refractivity contribution < 1.29 is 9.90 Å². The number of carbonyl (C=O) groups is 1. The Bertz CT molecular complexity index is 482. The Morgan fingerprint density at radius 2 is 1.94 bits per heavy atom. The molecule has 2 N–H and O–H groups in total. The first kappa shape index (κ1) is 10.1. The molecule has 0 amide bonds. The Morgan fingerprint density at radius 1 is 1.19 bits per heavy atom. The summed E-state index contributed by atoms with van der Waals surface area (Å²) in [5.74, 6) is -0.323. The fourth-order valence-electron chi connectivity index (χ4n) is 1.21. The van der Waals surface area contributed by atoms with Crippen LogP contribution in [0, 0.1) is 0 Å². The molecule has 0 aliphatic carbocycles. The van der Waals surface area contributed by atoms with Gasteiger partial charge in [-0.05, 0) is 24.3 Å². The van der Waals surface area contributed by atoms with Crippen LogP contribution in [0.25, 0.3) is 0 Å². The Kier molecular flexibility index (Phi) is 2.77. The molecule has 80 valence electrons. The quantitative estimate of drug-likeness (QED) is 0.818. The van der Waals surface area contributed by atoms with Gasteiger partial charge in [-0.15, -0.1) is 0 Å². The van der Waals surface area contributed by atoms with Gasteiger partial charge in [-0.25, -0.2) is 9.78 Å². The molecule has 2 aromatic rings. The highest BCUT2D eigenvalue weighted by Crippen LogP contribution is 2.13. The Morgan fingerprint density at radius 3 is 2.50 bits per heavy atom. The minimum Gasteiger partial charge on any atom is -0.478 e. The molecule has 2 rings (SSSR count). The fourth-order valence-corrected chi connectivity index (χ4v) is 1.21. The highest BCUT2D eigenvalue weighted by atomic mass is 16.4. The summed E-state index contributed by atoms with van der Waals surface area (Å²) < 4.78 is 0. The van der Waals surface area contributed by atoms with Crippen LogP contribution in [-0.2, 0) is 0 Å². The first-order chi connectivity index (χ1) is 7.75. The Labute approximate surface area is 91.8 Å². The molecular formula is C11H9N3O2. The van der Waals surface area contributed by atoms with Crippen molar-refractivity contribution in [1.29, 1.82) is 0 Å². The summed E-state index contributed by atoms with van der Waals surface area (Å²) >= 11 is 0. The zero-order valence-corrected chi connectivity index (χ0v) is 8.29. The number of aromatic nitrogens is 2. The van der Waals surface area contributed by atoms with E-state index in [1.807, 2.05) is 0 Å². The maximum Gasteiger partial charge on any atom is 0.335 e. The molecule has 5 heteroatoms. The predicted octanol–water partition coefficient (Wildman–Crippen LogP) is 1.92. The van der Waals surface area contributed by atoms with Crippen LogP contribution >= 0.6 is 0 Å². The first-order valence-corrected chi connectivity index (χ1v) is 4.62. The van der Waals surface area contributed by atoms with Gasteiger partial charge < -0.3 is 10.4 Å². The van der Waals surface area contributed by atoms with Crippen molar-refractivity contribution in [3.05, 3.63) is 48.4 Å². The normalized spacial score (nSPS) is 9.75. The second-order valence-electron chi connectivity index (χ2n) is 3.10. The number of nitrogens with zero attached hydrogens (tertiary/aromatic N) is 2. The van der Waals surface area contributed by atoms with Crippen LogP contribution in [0.4, 0.5) is 11.5 Å². The van der Waals surface area contributed by atoms with E-state index < -0.39 is 5.97 Å². The van der Waals surface area contributed by atoms with Crippen LogP contribution in [0.1, 0.15) is 10.4 Å². The molecule has 0 spiro atoms. The Balaban J connectivity index is 2.14. The molecule has 0 unspecified atom stereocenters. The summed E-state index contributed by atoms with van der Waals surface area (Å²) in [6.07, 6.45) is 4.75. The van der Waals surface area contributed by atoms with Crippen molar-refractivity contribution in [2.24, 2.45) is 0 Å². The van der Waals surface area contributed by atoms with Gasteiger partial charge in [0.1, 0.15) is 5.82 Å². The number of aromatic carboxylic acids is 1. The van der Waals surface area contributed by atoms with E-state index in [4.69, 9.17) is 5.11 Å². The van der Waals surface area contributed by atoms with E-state index in [-0.39, 0.29) is 5.56 Å². The lowest BCUT2D eigenvalue weighted by Crippen LogP contribution is -1.97. The maximum atomic E-state index is 10.6. The summed E-state index contributed by atoms with van der Waals surface area (Å²) in [5.41, 5.74) is 1.02. The largest absolute Gasteiger partial charge is 0.478 e. The van der Waals surface area contributed by atoms with E-state index in [1.54, 1.807) is 30.7 Å². The lowest BCUT2D eigenvalue weighted by atomic mass is 10.2. The van der Waals surface area contributed by atoms with E-state index in [1.165, 1.54) is 12.1 Å². The third-order valence-electron chi connectivity index (χ3n) is 1.97. The zero-order valence-electron chi connectivity index (χ0n) is 8.29. The van der Waals surface area contributed by atoms with Crippen LogP contribution in [0.3, 0.4) is 0 Å². The number of nitrogens with one attached hydrogen (secondary N) is 1. The molecule has 0 aliphatic rings. The first-order valence-electron chi connectivity index (χ1n) is 4.62. The number of carboxylic acids is 1. The van der Waals surface area contributed by atoms with Crippen LogP contribution in [0.5, 0.6) is 0 Å². The van der Waals surface area contributed by atoms with Gasteiger partial charge >= 0.3 is 5.97 Å². The number of hydrogen-bond acceptors (Lipinski definition) is 4. The molecule has 0 atom stereocenters. The molecule has 1 aromatic heterocycles. The van der Waals surface area contributed by atoms with E-state index in [0.717, 1.165) is 5.69 Å². The van der Waals surface area contributed by atoms with Gasteiger partial charge in [0.15, 0.2) is 0 Å². The van der Waals surface area contributed by atoms with Crippen molar-refractivity contribution in [3.63, 3.8) is 0 Å². The van der Waals surface area contributed by atoms with Crippen molar-refractivity contribution >= 4 is 17.5 Å². The van der Waals surface area contributed by atoms with Crippen molar-refractivity contribution in [2.75, 3.05) is 5.32 Å². The molecule has 0 saturated carbocycles. The molecule has 0 bridgehead atoms. The summed E-state index contributed by atoms with van der Waals surface area (Å²) in [4.78, 5) is 18.6. The zero-order chi connectivity index (χ0) is 11.4. The average Bonchev–Trinajstić information content (AvgIpc) is 2.31. The molecule has 0 fully saturated rings. The molecule has 16 heavy (non-hydrogen) atoms. The molecule has 5 nitrogen and oxygen atoms in total. The maximum absolute atomic E-state index is 10.6. The van der Waals surface area contributed by atoms with Crippen LogP contribution in [-0.4, -0.2) is 21.0 Å². The molecule has 0 saturated heterocycles. The third-order valence-corrected chi connectivity index (χ3v) is 1.97. The van der Waals surface area contributed by atoms with Crippen LogP contribution in [0.15, 0.2) is 42.9 Å². The summed E-state index contributed by atoms with van der Waals surface area (Å²) in [7, 11) is 0. The van der Waals surface area contributed by atoms with Gasteiger partial charge in [-0.3, -0.25) is 4.98 Å². The summed E-state index contributed by atoms with van der Waals surface area (Å²) in [6, 6.07) is 6.42. The minimum atomic E-state index is -0.939. The van der Waals surface area contributed by atoms with Gasteiger partial charge in [0, 0.05) is 18.1 Å². The Hall–Kier alpha value is -2.43. The van der Waals surface area contributed by atoms with E-state index in [9.17, 15) is 4.79 Å². The fraction of sp³-hybridized carbons (Fsp3) is 0. The average molecular weight is 215 g/mol. The highest BCUT2D eigenvalue weighted by molar-refractivity contribution is 5.88. The number of anilines is 2. The van der Waals surface area contributed by atoms with Gasteiger partial charge in [-0.2, -0.15) is 0 Å². The van der Waals surface area contributed by atoms with Gasteiger partial charge in [0.25, 0.3) is 0 Å². The van der Waals surface area contributed by atoms with Crippen molar-refractivity contribution in [2.45, 2.75) is 0 Å². The number of rotatable bonds is 3. The molecule has 1 heterocycles.